The fourth-order valence-corrected chi connectivity index (χ4v) is 2.81. The first-order valence-corrected chi connectivity index (χ1v) is 7.16. The third-order valence-corrected chi connectivity index (χ3v) is 4.07. The predicted octanol–water partition coefficient (Wildman–Crippen LogP) is 1.83. The van der Waals surface area contributed by atoms with Gasteiger partial charge < -0.3 is 4.52 Å². The van der Waals surface area contributed by atoms with Gasteiger partial charge in [-0.05, 0) is 19.9 Å². The van der Waals surface area contributed by atoms with Crippen LogP contribution in [0.1, 0.15) is 24.7 Å². The van der Waals surface area contributed by atoms with Gasteiger partial charge in [-0.1, -0.05) is 5.16 Å². The number of nitrogens with one attached hydrogen (secondary N) is 1. The highest BCUT2D eigenvalue weighted by atomic mass is 32.2. The smallest absolute Gasteiger partial charge is 0.244 e. The summed E-state index contributed by atoms with van der Waals surface area (Å²) in [6, 6.07) is -0.548. The topological polar surface area (TPSA) is 85.1 Å². The fraction of sp³-hybridized carbons (Fsp3) is 0.273. The molecule has 114 valence electrons. The maximum absolute atomic E-state index is 13.5. The summed E-state index contributed by atoms with van der Waals surface area (Å²) in [5, 5.41) is 3.48. The number of rotatable bonds is 4. The van der Waals surface area contributed by atoms with Crippen molar-refractivity contribution < 1.29 is 26.1 Å². The molecule has 0 fully saturated rings. The minimum absolute atomic E-state index is 0.0425. The molecule has 1 aromatic carbocycles. The van der Waals surface area contributed by atoms with Gasteiger partial charge in [0.2, 0.25) is 15.9 Å². The zero-order chi connectivity index (χ0) is 15.8. The minimum atomic E-state index is -4.43. The molecule has 0 aliphatic rings. The van der Waals surface area contributed by atoms with Crippen LogP contribution in [0.4, 0.5) is 13.2 Å². The number of sulfonamides is 1. The van der Waals surface area contributed by atoms with Crippen LogP contribution in [-0.4, -0.2) is 18.6 Å². The van der Waals surface area contributed by atoms with Crippen LogP contribution in [0, 0.1) is 24.4 Å². The van der Waals surface area contributed by atoms with Gasteiger partial charge in [-0.25, -0.2) is 21.6 Å². The quantitative estimate of drug-likeness (QED) is 0.869. The molecular formula is C11H10F3N3O3S. The largest absolute Gasteiger partial charge is 0.338 e. The van der Waals surface area contributed by atoms with E-state index in [0.717, 1.165) is 0 Å². The summed E-state index contributed by atoms with van der Waals surface area (Å²) in [6.07, 6.45) is 0. The second-order valence-electron chi connectivity index (χ2n) is 4.22. The molecule has 1 heterocycles. The summed E-state index contributed by atoms with van der Waals surface area (Å²) >= 11 is 0. The average Bonchev–Trinajstić information content (AvgIpc) is 2.80. The first kappa shape index (κ1) is 15.4. The number of hydrogen-bond acceptors (Lipinski definition) is 5. The van der Waals surface area contributed by atoms with Crippen LogP contribution in [0.25, 0.3) is 0 Å². The van der Waals surface area contributed by atoms with Gasteiger partial charge in [0, 0.05) is 6.07 Å². The van der Waals surface area contributed by atoms with Gasteiger partial charge in [-0.2, -0.15) is 9.71 Å². The van der Waals surface area contributed by atoms with E-state index in [2.05, 4.69) is 10.1 Å². The summed E-state index contributed by atoms with van der Waals surface area (Å²) in [5.41, 5.74) is 0. The molecule has 1 atom stereocenters. The van der Waals surface area contributed by atoms with E-state index in [1.54, 1.807) is 0 Å². The van der Waals surface area contributed by atoms with E-state index >= 15 is 0 Å². The zero-order valence-corrected chi connectivity index (χ0v) is 11.7. The van der Waals surface area contributed by atoms with Crippen LogP contribution >= 0.6 is 0 Å². The number of halogens is 3. The molecule has 1 N–H and O–H groups in total. The minimum Gasteiger partial charge on any atom is -0.338 e. The van der Waals surface area contributed by atoms with E-state index in [1.165, 1.54) is 13.8 Å². The summed E-state index contributed by atoms with van der Waals surface area (Å²) in [7, 11) is -4.43. The molecule has 0 aliphatic carbocycles. The van der Waals surface area contributed by atoms with E-state index in [-0.39, 0.29) is 23.8 Å². The Kier molecular flexibility index (Phi) is 4.01. The van der Waals surface area contributed by atoms with E-state index in [4.69, 9.17) is 4.52 Å². The maximum Gasteiger partial charge on any atom is 0.244 e. The van der Waals surface area contributed by atoms with Crippen LogP contribution in [0.2, 0.25) is 0 Å². The molecule has 0 spiro atoms. The Morgan fingerprint density at radius 3 is 2.38 bits per heavy atom. The third-order valence-electron chi connectivity index (χ3n) is 2.51. The van der Waals surface area contributed by atoms with Crippen LogP contribution in [0.3, 0.4) is 0 Å². The third kappa shape index (κ3) is 3.22. The Morgan fingerprint density at radius 2 is 1.81 bits per heavy atom. The van der Waals surface area contributed by atoms with Gasteiger partial charge in [0.25, 0.3) is 0 Å². The van der Waals surface area contributed by atoms with Crippen molar-refractivity contribution in [3.05, 3.63) is 41.3 Å². The number of aromatic nitrogens is 2. The fourth-order valence-electron chi connectivity index (χ4n) is 1.55. The van der Waals surface area contributed by atoms with Gasteiger partial charge >= 0.3 is 0 Å². The van der Waals surface area contributed by atoms with Crippen LogP contribution in [-0.2, 0) is 10.0 Å². The molecule has 0 saturated carbocycles. The molecular weight excluding hydrogens is 311 g/mol. The van der Waals surface area contributed by atoms with Crippen molar-refractivity contribution >= 4 is 10.0 Å². The Hall–Kier alpha value is -1.94. The Balaban J connectivity index is 2.32. The lowest BCUT2D eigenvalue weighted by atomic mass is 10.3. The molecule has 10 heteroatoms. The Bertz CT molecular complexity index is 776. The van der Waals surface area contributed by atoms with E-state index in [9.17, 15) is 21.6 Å². The van der Waals surface area contributed by atoms with Crippen LogP contribution in [0.5, 0.6) is 0 Å². The van der Waals surface area contributed by atoms with Crippen molar-refractivity contribution in [2.45, 2.75) is 24.8 Å². The molecule has 0 unspecified atom stereocenters. The lowest BCUT2D eigenvalue weighted by molar-refractivity contribution is 0.350. The molecule has 0 saturated heterocycles. The number of nitrogens with zero attached hydrogens (tertiary/aromatic N) is 2. The molecule has 0 aliphatic heterocycles. The van der Waals surface area contributed by atoms with Crippen LogP contribution in [0.15, 0.2) is 21.6 Å². The highest BCUT2D eigenvalue weighted by molar-refractivity contribution is 7.89. The van der Waals surface area contributed by atoms with Gasteiger partial charge in [0.1, 0.15) is 10.7 Å². The SMILES string of the molecule is Cc1noc([C@H](C)NS(=O)(=O)c2cc(F)c(F)cc2F)n1. The monoisotopic (exact) mass is 321 g/mol. The van der Waals surface area contributed by atoms with Gasteiger partial charge in [-0.15, -0.1) is 0 Å². The molecule has 0 radical (unpaired) electrons. The van der Waals surface area contributed by atoms with Crippen molar-refractivity contribution in [1.82, 2.24) is 14.9 Å². The first-order chi connectivity index (χ1) is 9.70. The molecule has 2 aromatic rings. The van der Waals surface area contributed by atoms with E-state index in [0.29, 0.717) is 0 Å². The van der Waals surface area contributed by atoms with Gasteiger partial charge in [0.15, 0.2) is 17.5 Å². The maximum atomic E-state index is 13.5. The van der Waals surface area contributed by atoms with Gasteiger partial charge in [0.05, 0.1) is 6.04 Å². The molecule has 1 aromatic heterocycles. The Labute approximate surface area is 118 Å². The van der Waals surface area contributed by atoms with Crippen molar-refractivity contribution in [2.24, 2.45) is 0 Å². The summed E-state index contributed by atoms with van der Waals surface area (Å²) in [6.45, 7) is 2.91. The second kappa shape index (κ2) is 5.45. The first-order valence-electron chi connectivity index (χ1n) is 5.68. The van der Waals surface area contributed by atoms with Crippen molar-refractivity contribution in [3.8, 4) is 0 Å². The lowest BCUT2D eigenvalue weighted by Gasteiger charge is -2.11. The molecule has 21 heavy (non-hydrogen) atoms. The van der Waals surface area contributed by atoms with Crippen molar-refractivity contribution in [2.75, 3.05) is 0 Å². The summed E-state index contributed by atoms with van der Waals surface area (Å²) < 4.78 is 70.2. The molecule has 0 amide bonds. The molecule has 6 nitrogen and oxygen atoms in total. The summed E-state index contributed by atoms with van der Waals surface area (Å²) in [5.74, 6) is -4.12. The molecule has 2 rings (SSSR count). The average molecular weight is 321 g/mol. The number of benzene rings is 1. The zero-order valence-electron chi connectivity index (χ0n) is 10.9. The second-order valence-corrected chi connectivity index (χ2v) is 5.90. The number of aryl methyl sites for hydroxylation is 1. The van der Waals surface area contributed by atoms with Crippen LogP contribution < -0.4 is 4.72 Å². The lowest BCUT2D eigenvalue weighted by Crippen LogP contribution is -2.28. The summed E-state index contributed by atoms with van der Waals surface area (Å²) in [4.78, 5) is 2.80. The van der Waals surface area contributed by atoms with E-state index < -0.39 is 38.4 Å². The van der Waals surface area contributed by atoms with Crippen molar-refractivity contribution in [1.29, 1.82) is 0 Å². The predicted molar refractivity (Wildman–Crippen MR) is 64.1 cm³/mol. The highest BCUT2D eigenvalue weighted by Crippen LogP contribution is 2.21. The van der Waals surface area contributed by atoms with Gasteiger partial charge in [-0.3, -0.25) is 0 Å². The van der Waals surface area contributed by atoms with E-state index in [1.807, 2.05) is 4.72 Å². The standard InChI is InChI=1S/C11H10F3N3O3S/c1-5(11-15-6(2)16-20-11)17-21(18,19)10-4-8(13)7(12)3-9(10)14/h3-5,17H,1-2H3/t5-/m0/s1. The van der Waals surface area contributed by atoms with Crippen molar-refractivity contribution in [3.63, 3.8) is 0 Å². The normalized spacial score (nSPS) is 13.4. The highest BCUT2D eigenvalue weighted by Gasteiger charge is 2.26. The number of hydrogen-bond donors (Lipinski definition) is 1. The molecule has 0 bridgehead atoms. The Morgan fingerprint density at radius 1 is 1.19 bits per heavy atom.